The molecule has 0 saturated carbocycles. The molecule has 0 atom stereocenters. The van der Waals surface area contributed by atoms with Gasteiger partial charge in [0.05, 0.1) is 11.3 Å². The third-order valence-electron chi connectivity index (χ3n) is 5.66. The minimum absolute atomic E-state index is 0.0569. The van der Waals surface area contributed by atoms with Gasteiger partial charge in [-0.3, -0.25) is 9.59 Å². The highest BCUT2D eigenvalue weighted by Crippen LogP contribution is 2.31. The molecule has 2 aromatic carbocycles. The maximum atomic E-state index is 12.7. The molecule has 7 nitrogen and oxygen atoms in total. The third-order valence-corrected chi connectivity index (χ3v) is 7.57. The number of piperidine rings is 1. The van der Waals surface area contributed by atoms with Crippen LogP contribution in [0.5, 0.6) is 0 Å². The third kappa shape index (κ3) is 3.85. The van der Waals surface area contributed by atoms with Gasteiger partial charge in [0, 0.05) is 36.6 Å². The summed E-state index contributed by atoms with van der Waals surface area (Å²) >= 11 is 0. The van der Waals surface area contributed by atoms with Crippen molar-refractivity contribution in [3.8, 4) is 0 Å². The molecule has 0 bridgehead atoms. The van der Waals surface area contributed by atoms with Gasteiger partial charge in [0.15, 0.2) is 0 Å². The van der Waals surface area contributed by atoms with E-state index in [9.17, 15) is 18.0 Å². The summed E-state index contributed by atoms with van der Waals surface area (Å²) in [4.78, 5) is 26.6. The van der Waals surface area contributed by atoms with Crippen LogP contribution in [0.15, 0.2) is 47.4 Å². The van der Waals surface area contributed by atoms with E-state index >= 15 is 0 Å². The number of rotatable bonds is 5. The van der Waals surface area contributed by atoms with E-state index < -0.39 is 10.0 Å². The van der Waals surface area contributed by atoms with Crippen LogP contribution in [-0.2, 0) is 21.2 Å². The minimum atomic E-state index is -3.52. The average molecular weight is 428 g/mol. The fourth-order valence-electron chi connectivity index (χ4n) is 4.04. The van der Waals surface area contributed by atoms with E-state index in [0.717, 1.165) is 30.5 Å². The van der Waals surface area contributed by atoms with E-state index in [4.69, 9.17) is 0 Å². The zero-order valence-corrected chi connectivity index (χ0v) is 17.7. The monoisotopic (exact) mass is 427 g/mol. The Morgan fingerprint density at radius 2 is 1.73 bits per heavy atom. The van der Waals surface area contributed by atoms with Gasteiger partial charge in [-0.15, -0.1) is 0 Å². The van der Waals surface area contributed by atoms with Gasteiger partial charge >= 0.3 is 0 Å². The number of carbonyl (C=O) groups is 2. The van der Waals surface area contributed by atoms with Crippen molar-refractivity contribution < 1.29 is 18.0 Å². The Kier molecular flexibility index (Phi) is 5.62. The molecule has 1 fully saturated rings. The molecule has 1 N–H and O–H groups in total. The van der Waals surface area contributed by atoms with Crippen LogP contribution in [-0.4, -0.2) is 44.2 Å². The van der Waals surface area contributed by atoms with Crippen molar-refractivity contribution in [2.75, 3.05) is 29.9 Å². The molecule has 30 heavy (non-hydrogen) atoms. The van der Waals surface area contributed by atoms with Crippen molar-refractivity contribution in [1.29, 1.82) is 0 Å². The fraction of sp³-hybridized carbons (Fsp3) is 0.364. The number of fused-ring (bicyclic) bond motifs is 1. The van der Waals surface area contributed by atoms with Crippen LogP contribution in [0.4, 0.5) is 11.4 Å². The highest BCUT2D eigenvalue weighted by molar-refractivity contribution is 7.89. The predicted octanol–water partition coefficient (Wildman–Crippen LogP) is 3.02. The molecule has 2 aliphatic heterocycles. The van der Waals surface area contributed by atoms with Crippen LogP contribution in [0.1, 0.15) is 42.1 Å². The first kappa shape index (κ1) is 20.6. The van der Waals surface area contributed by atoms with Gasteiger partial charge in [-0.05, 0) is 67.8 Å². The smallest absolute Gasteiger partial charge is 0.255 e. The van der Waals surface area contributed by atoms with E-state index in [1.165, 1.54) is 28.6 Å². The Bertz CT molecular complexity index is 1070. The van der Waals surface area contributed by atoms with Gasteiger partial charge in [0.25, 0.3) is 5.91 Å². The van der Waals surface area contributed by atoms with Crippen molar-refractivity contribution in [1.82, 2.24) is 4.31 Å². The zero-order valence-electron chi connectivity index (χ0n) is 16.9. The maximum Gasteiger partial charge on any atom is 0.255 e. The highest BCUT2D eigenvalue weighted by Gasteiger charge is 2.27. The van der Waals surface area contributed by atoms with Gasteiger partial charge in [-0.2, -0.15) is 4.31 Å². The molecule has 0 unspecified atom stereocenters. The summed E-state index contributed by atoms with van der Waals surface area (Å²) in [6.45, 7) is 3.63. The summed E-state index contributed by atoms with van der Waals surface area (Å²) in [7, 11) is -3.52. The molecule has 4 rings (SSSR count). The number of amides is 2. The lowest BCUT2D eigenvalue weighted by atomic mass is 10.1. The minimum Gasteiger partial charge on any atom is -0.322 e. The second kappa shape index (κ2) is 8.20. The Morgan fingerprint density at radius 1 is 1.03 bits per heavy atom. The predicted molar refractivity (Wildman–Crippen MR) is 115 cm³/mol. The number of benzene rings is 2. The molecule has 2 aromatic rings. The van der Waals surface area contributed by atoms with E-state index in [1.54, 1.807) is 11.0 Å². The second-order valence-electron chi connectivity index (χ2n) is 7.60. The molecule has 8 heteroatoms. The summed E-state index contributed by atoms with van der Waals surface area (Å²) in [6, 6.07) is 11.5. The van der Waals surface area contributed by atoms with Crippen LogP contribution in [0.3, 0.4) is 0 Å². The lowest BCUT2D eigenvalue weighted by Gasteiger charge is -2.25. The Balaban J connectivity index is 1.47. The average Bonchev–Trinajstić information content (AvgIpc) is 3.08. The van der Waals surface area contributed by atoms with Crippen molar-refractivity contribution in [2.24, 2.45) is 0 Å². The number of hydrogen-bond acceptors (Lipinski definition) is 4. The molecule has 2 heterocycles. The number of carbonyl (C=O) groups excluding carboxylic acids is 2. The number of hydrogen-bond donors (Lipinski definition) is 1. The zero-order chi connectivity index (χ0) is 21.3. The normalized spacial score (nSPS) is 17.1. The Morgan fingerprint density at radius 3 is 2.40 bits per heavy atom. The van der Waals surface area contributed by atoms with Crippen LogP contribution >= 0.6 is 0 Å². The first-order valence-corrected chi connectivity index (χ1v) is 11.7. The summed E-state index contributed by atoms with van der Waals surface area (Å²) in [5.41, 5.74) is 2.75. The SMILES string of the molecule is CCN1C(=O)Cc2cc(NC(=O)c3ccc(S(=O)(=O)N4CCCCC4)cc3)ccc21. The van der Waals surface area contributed by atoms with Crippen LogP contribution in [0, 0.1) is 0 Å². The van der Waals surface area contributed by atoms with E-state index in [1.807, 2.05) is 19.1 Å². The van der Waals surface area contributed by atoms with Crippen molar-refractivity contribution in [2.45, 2.75) is 37.5 Å². The first-order chi connectivity index (χ1) is 14.4. The van der Waals surface area contributed by atoms with Gasteiger partial charge < -0.3 is 10.2 Å². The van der Waals surface area contributed by atoms with Crippen LogP contribution in [0.2, 0.25) is 0 Å². The number of nitrogens with zero attached hydrogens (tertiary/aromatic N) is 2. The fourth-order valence-corrected chi connectivity index (χ4v) is 5.56. The Hall–Kier alpha value is -2.71. The molecule has 2 aliphatic rings. The number of nitrogens with one attached hydrogen (secondary N) is 1. The van der Waals surface area contributed by atoms with Gasteiger partial charge in [-0.1, -0.05) is 6.42 Å². The molecular formula is C22H25N3O4S. The maximum absolute atomic E-state index is 12.7. The van der Waals surface area contributed by atoms with E-state index in [-0.39, 0.29) is 16.7 Å². The summed E-state index contributed by atoms with van der Waals surface area (Å²) < 4.78 is 27.0. The largest absolute Gasteiger partial charge is 0.322 e. The molecule has 0 radical (unpaired) electrons. The van der Waals surface area contributed by atoms with Gasteiger partial charge in [0.1, 0.15) is 0 Å². The van der Waals surface area contributed by atoms with E-state index in [0.29, 0.717) is 37.3 Å². The van der Waals surface area contributed by atoms with Crippen molar-refractivity contribution in [3.05, 3.63) is 53.6 Å². The summed E-state index contributed by atoms with van der Waals surface area (Å²) in [5, 5.41) is 2.83. The van der Waals surface area contributed by atoms with Crippen LogP contribution < -0.4 is 10.2 Å². The Labute approximate surface area is 176 Å². The molecule has 158 valence electrons. The van der Waals surface area contributed by atoms with Gasteiger partial charge in [-0.25, -0.2) is 8.42 Å². The van der Waals surface area contributed by atoms with Crippen molar-refractivity contribution >= 4 is 33.2 Å². The van der Waals surface area contributed by atoms with Gasteiger partial charge in [0.2, 0.25) is 15.9 Å². The molecule has 0 aliphatic carbocycles. The summed E-state index contributed by atoms with van der Waals surface area (Å²) in [6.07, 6.45) is 3.14. The highest BCUT2D eigenvalue weighted by atomic mass is 32.2. The molecule has 0 aromatic heterocycles. The first-order valence-electron chi connectivity index (χ1n) is 10.2. The second-order valence-corrected chi connectivity index (χ2v) is 9.54. The topological polar surface area (TPSA) is 86.8 Å². The van der Waals surface area contributed by atoms with Crippen molar-refractivity contribution in [3.63, 3.8) is 0 Å². The lowest BCUT2D eigenvalue weighted by molar-refractivity contribution is -0.117. The standard InChI is InChI=1S/C22H25N3O4S/c1-2-25-20-11-8-18(14-17(20)15-21(25)26)23-22(27)16-6-9-19(10-7-16)30(28,29)24-12-4-3-5-13-24/h6-11,14H,2-5,12-13,15H2,1H3,(H,23,27). The lowest BCUT2D eigenvalue weighted by Crippen LogP contribution is -2.35. The molecule has 0 spiro atoms. The number of anilines is 2. The number of sulfonamides is 1. The van der Waals surface area contributed by atoms with E-state index in [2.05, 4.69) is 5.32 Å². The summed E-state index contributed by atoms with van der Waals surface area (Å²) in [5.74, 6) is -0.268. The molecule has 2 amide bonds. The quantitative estimate of drug-likeness (QED) is 0.795. The number of likely N-dealkylation sites (N-methyl/N-ethyl adjacent to an activating group) is 1. The van der Waals surface area contributed by atoms with Crippen LogP contribution in [0.25, 0.3) is 0 Å². The molecular weight excluding hydrogens is 402 g/mol. The molecule has 1 saturated heterocycles.